The number of aliphatic hydroxyl groups is 3. The van der Waals surface area contributed by atoms with Gasteiger partial charge in [-0.3, -0.25) is 0 Å². The number of hydrogen-bond acceptors (Lipinski definition) is 6. The molecule has 0 aromatic heterocycles. The van der Waals surface area contributed by atoms with E-state index in [0.29, 0.717) is 18.1 Å². The van der Waals surface area contributed by atoms with E-state index in [2.05, 4.69) is 6.92 Å². The van der Waals surface area contributed by atoms with E-state index in [1.807, 2.05) is 23.9 Å². The largest absolute Gasteiger partial charge is 0.478 e. The van der Waals surface area contributed by atoms with Crippen molar-refractivity contribution >= 4 is 17.7 Å². The second-order valence-corrected chi connectivity index (χ2v) is 8.49. The Morgan fingerprint density at radius 2 is 1.64 bits per heavy atom. The first-order chi connectivity index (χ1) is 13.5. The number of thioether (sulfide) groups is 1. The first-order valence-electron chi connectivity index (χ1n) is 9.79. The van der Waals surface area contributed by atoms with Crippen molar-refractivity contribution in [1.29, 1.82) is 0 Å². The fourth-order valence-corrected chi connectivity index (χ4v) is 3.77. The van der Waals surface area contributed by atoms with Crippen LogP contribution in [0.5, 0.6) is 0 Å². The van der Waals surface area contributed by atoms with Crippen molar-refractivity contribution in [2.24, 2.45) is 5.41 Å². The molecule has 0 radical (unpaired) electrons. The summed E-state index contributed by atoms with van der Waals surface area (Å²) in [6.45, 7) is 2.01. The van der Waals surface area contributed by atoms with Gasteiger partial charge >= 0.3 is 5.97 Å². The fraction of sp³-hybridized carbons (Fsp3) is 0.667. The summed E-state index contributed by atoms with van der Waals surface area (Å²) in [7, 11) is 0. The van der Waals surface area contributed by atoms with Crippen LogP contribution in [-0.4, -0.2) is 70.9 Å². The number of benzene rings is 1. The molecule has 0 spiro atoms. The number of unbranched alkanes of at least 4 members (excludes halogenated alkanes) is 3. The zero-order valence-electron chi connectivity index (χ0n) is 16.7. The number of carboxylic acid groups (broad SMARTS) is 1. The van der Waals surface area contributed by atoms with Crippen LogP contribution in [0.2, 0.25) is 0 Å². The summed E-state index contributed by atoms with van der Waals surface area (Å²) in [5.41, 5.74) is 0.545. The van der Waals surface area contributed by atoms with Crippen LogP contribution in [0.4, 0.5) is 0 Å². The summed E-state index contributed by atoms with van der Waals surface area (Å²) in [6, 6.07) is 7.11. The highest BCUT2D eigenvalue weighted by atomic mass is 32.2. The average Bonchev–Trinajstić information content (AvgIpc) is 2.72. The minimum atomic E-state index is -0.943. The fourth-order valence-electron chi connectivity index (χ4n) is 2.65. The molecule has 0 aliphatic heterocycles. The van der Waals surface area contributed by atoms with E-state index in [1.165, 1.54) is 5.56 Å². The van der Waals surface area contributed by atoms with Crippen molar-refractivity contribution in [2.75, 3.05) is 44.5 Å². The Morgan fingerprint density at radius 1 is 1.04 bits per heavy atom. The second-order valence-electron chi connectivity index (χ2n) is 7.34. The maximum atomic E-state index is 10.9. The molecule has 0 aliphatic carbocycles. The molecule has 4 N–H and O–H groups in total. The number of carbonyl (C=O) groups is 1. The Bertz CT molecular complexity index is 536. The SMILES string of the molecule is CC(CSCCCCCCOCC(CO)(CO)CO)c1ccc(C(=O)O)cc1. The van der Waals surface area contributed by atoms with Crippen molar-refractivity contribution in [3.63, 3.8) is 0 Å². The highest BCUT2D eigenvalue weighted by Crippen LogP contribution is 2.22. The van der Waals surface area contributed by atoms with Crippen molar-refractivity contribution in [3.05, 3.63) is 35.4 Å². The van der Waals surface area contributed by atoms with Gasteiger partial charge in [0.25, 0.3) is 0 Å². The molecular weight excluding hydrogens is 380 g/mol. The molecule has 0 bridgehead atoms. The Hall–Kier alpha value is -1.12. The van der Waals surface area contributed by atoms with Crippen LogP contribution in [-0.2, 0) is 4.74 Å². The maximum absolute atomic E-state index is 10.9. The lowest BCUT2D eigenvalue weighted by molar-refractivity contribution is -0.0582. The molecule has 1 aromatic carbocycles. The van der Waals surface area contributed by atoms with Crippen molar-refractivity contribution in [3.8, 4) is 0 Å². The zero-order valence-corrected chi connectivity index (χ0v) is 17.5. The normalized spacial score (nSPS) is 12.9. The van der Waals surface area contributed by atoms with Crippen molar-refractivity contribution in [1.82, 2.24) is 0 Å². The maximum Gasteiger partial charge on any atom is 0.335 e. The van der Waals surface area contributed by atoms with Crippen LogP contribution in [0.1, 0.15) is 54.4 Å². The van der Waals surface area contributed by atoms with E-state index in [4.69, 9.17) is 9.84 Å². The Labute approximate surface area is 171 Å². The monoisotopic (exact) mass is 414 g/mol. The molecular formula is C21H34O6S. The van der Waals surface area contributed by atoms with Gasteiger partial charge < -0.3 is 25.2 Å². The topological polar surface area (TPSA) is 107 Å². The van der Waals surface area contributed by atoms with Gasteiger partial charge in [-0.25, -0.2) is 4.79 Å². The van der Waals surface area contributed by atoms with Gasteiger partial charge in [0.2, 0.25) is 0 Å². The van der Waals surface area contributed by atoms with Crippen LogP contribution < -0.4 is 0 Å². The van der Waals surface area contributed by atoms with E-state index in [0.717, 1.165) is 37.2 Å². The molecule has 160 valence electrons. The van der Waals surface area contributed by atoms with Gasteiger partial charge in [0, 0.05) is 6.61 Å². The van der Waals surface area contributed by atoms with E-state index in [9.17, 15) is 20.1 Å². The van der Waals surface area contributed by atoms with Gasteiger partial charge in [0.15, 0.2) is 0 Å². The number of carboxylic acids is 1. The molecule has 6 nitrogen and oxygen atoms in total. The standard InChI is InChI=1S/C21H34O6S/c1-17(18-6-8-19(9-7-18)20(25)26)12-28-11-5-3-2-4-10-27-16-21(13-22,14-23)15-24/h6-9,17,22-24H,2-5,10-16H2,1H3,(H,25,26). The van der Waals surface area contributed by atoms with Crippen LogP contribution in [0.3, 0.4) is 0 Å². The Morgan fingerprint density at radius 3 is 2.21 bits per heavy atom. The molecule has 1 atom stereocenters. The molecule has 0 heterocycles. The quantitative estimate of drug-likeness (QED) is 0.308. The number of aliphatic hydroxyl groups excluding tert-OH is 3. The third-order valence-electron chi connectivity index (χ3n) is 4.84. The molecule has 0 saturated carbocycles. The molecule has 1 rings (SSSR count). The van der Waals surface area contributed by atoms with E-state index < -0.39 is 11.4 Å². The first kappa shape index (κ1) is 24.9. The third-order valence-corrected chi connectivity index (χ3v) is 6.15. The third kappa shape index (κ3) is 8.92. The summed E-state index contributed by atoms with van der Waals surface area (Å²) in [5, 5.41) is 36.6. The van der Waals surface area contributed by atoms with Crippen LogP contribution >= 0.6 is 11.8 Å². The predicted octanol–water partition coefficient (Wildman–Crippen LogP) is 2.76. The molecule has 0 amide bonds. The van der Waals surface area contributed by atoms with Crippen LogP contribution in [0.25, 0.3) is 0 Å². The molecule has 1 aromatic rings. The molecule has 0 aliphatic rings. The van der Waals surface area contributed by atoms with Gasteiger partial charge in [-0.15, -0.1) is 0 Å². The number of ether oxygens (including phenoxy) is 1. The molecule has 7 heteroatoms. The number of hydrogen-bond donors (Lipinski definition) is 4. The van der Waals surface area contributed by atoms with E-state index >= 15 is 0 Å². The average molecular weight is 415 g/mol. The molecule has 28 heavy (non-hydrogen) atoms. The van der Waals surface area contributed by atoms with Gasteiger partial charge in [-0.1, -0.05) is 31.9 Å². The highest BCUT2D eigenvalue weighted by Gasteiger charge is 2.28. The smallest absolute Gasteiger partial charge is 0.335 e. The van der Waals surface area contributed by atoms with Crippen molar-refractivity contribution in [2.45, 2.75) is 38.5 Å². The molecule has 0 fully saturated rings. The van der Waals surface area contributed by atoms with Crippen molar-refractivity contribution < 1.29 is 30.0 Å². The summed E-state index contributed by atoms with van der Waals surface area (Å²) < 4.78 is 5.48. The van der Waals surface area contributed by atoms with Gasteiger partial charge in [0.05, 0.1) is 37.4 Å². The Balaban J connectivity index is 2.05. The first-order valence-corrected chi connectivity index (χ1v) is 10.9. The van der Waals surface area contributed by atoms with E-state index in [1.54, 1.807) is 12.1 Å². The minimum absolute atomic E-state index is 0.164. The number of rotatable bonds is 16. The predicted molar refractivity (Wildman–Crippen MR) is 112 cm³/mol. The lowest BCUT2D eigenvalue weighted by Gasteiger charge is -2.26. The Kier molecular flexibility index (Phi) is 12.4. The second kappa shape index (κ2) is 14.0. The summed E-state index contributed by atoms with van der Waals surface area (Å²) >= 11 is 1.92. The summed E-state index contributed by atoms with van der Waals surface area (Å²) in [6.07, 6.45) is 4.26. The number of aromatic carboxylic acids is 1. The lowest BCUT2D eigenvalue weighted by Crippen LogP contribution is -2.38. The molecule has 0 saturated heterocycles. The van der Waals surface area contributed by atoms with Crippen LogP contribution in [0.15, 0.2) is 24.3 Å². The molecule has 1 unspecified atom stereocenters. The van der Waals surface area contributed by atoms with Gasteiger partial charge in [-0.2, -0.15) is 11.8 Å². The summed E-state index contributed by atoms with van der Waals surface area (Å²) in [4.78, 5) is 10.9. The lowest BCUT2D eigenvalue weighted by atomic mass is 9.93. The van der Waals surface area contributed by atoms with E-state index in [-0.39, 0.29) is 26.4 Å². The van der Waals surface area contributed by atoms with Gasteiger partial charge in [0.1, 0.15) is 0 Å². The minimum Gasteiger partial charge on any atom is -0.478 e. The summed E-state index contributed by atoms with van der Waals surface area (Å²) in [5.74, 6) is 1.61. The highest BCUT2D eigenvalue weighted by molar-refractivity contribution is 7.99. The van der Waals surface area contributed by atoms with Crippen LogP contribution in [0, 0.1) is 5.41 Å². The zero-order chi connectivity index (χ0) is 20.8. The van der Waals surface area contributed by atoms with Gasteiger partial charge in [-0.05, 0) is 48.0 Å².